The van der Waals surface area contributed by atoms with Gasteiger partial charge in [0.15, 0.2) is 12.6 Å². The monoisotopic (exact) mass is 845 g/mol. The Morgan fingerprint density at radius 2 is 0.879 bits per heavy atom. The highest BCUT2D eigenvalue weighted by Crippen LogP contribution is 2.30. The number of aliphatic hydroxyl groups excluding tert-OH is 8. The second kappa shape index (κ2) is 22.4. The number of hydrogen-bond acceptors (Lipinski definition) is 24. The molecule has 4 rings (SSSR count). The predicted molar refractivity (Wildman–Crippen MR) is 205 cm³/mol. The maximum atomic E-state index is 10.9. The highest BCUT2D eigenvalue weighted by atomic mass is 16.7. The lowest BCUT2D eigenvalue weighted by Crippen LogP contribution is -2.68. The van der Waals surface area contributed by atoms with Gasteiger partial charge in [-0.25, -0.2) is 0 Å². The summed E-state index contributed by atoms with van der Waals surface area (Å²) in [5.74, 6) is 0. The maximum Gasteiger partial charge on any atom is 0.176 e. The van der Waals surface area contributed by atoms with Gasteiger partial charge in [0.2, 0.25) is 0 Å². The van der Waals surface area contributed by atoms with E-state index in [0.29, 0.717) is 13.1 Å². The summed E-state index contributed by atoms with van der Waals surface area (Å²) < 4.78 is 35.4. The molecule has 2 saturated carbocycles. The average molecular weight is 845 g/mol. The normalized spacial score (nSPS) is 45.1. The summed E-state index contributed by atoms with van der Waals surface area (Å²) in [6.45, 7) is 0.605. The quantitative estimate of drug-likeness (QED) is 0.0574. The molecule has 2 saturated heterocycles. The van der Waals surface area contributed by atoms with Crippen molar-refractivity contribution in [1.29, 1.82) is 0 Å². The first-order valence-electron chi connectivity index (χ1n) is 19.9. The van der Waals surface area contributed by atoms with Crippen molar-refractivity contribution in [1.82, 2.24) is 9.80 Å². The van der Waals surface area contributed by atoms with E-state index in [-0.39, 0.29) is 52.2 Å². The Morgan fingerprint density at radius 3 is 1.21 bits per heavy atom. The van der Waals surface area contributed by atoms with Crippen LogP contribution in [0.2, 0.25) is 0 Å². The third-order valence-corrected chi connectivity index (χ3v) is 11.5. The first-order valence-corrected chi connectivity index (χ1v) is 19.9. The first kappa shape index (κ1) is 49.7. The Hall–Kier alpha value is -0.960. The van der Waals surface area contributed by atoms with Crippen molar-refractivity contribution in [2.24, 2.45) is 45.9 Å². The van der Waals surface area contributed by atoms with Gasteiger partial charge >= 0.3 is 0 Å². The molecule has 0 bridgehead atoms. The number of nitrogens with two attached hydrogens (primary N) is 8. The molecule has 22 unspecified atom stereocenters. The van der Waals surface area contributed by atoms with Crippen LogP contribution in [0.4, 0.5) is 0 Å². The van der Waals surface area contributed by atoms with Crippen LogP contribution in [-0.4, -0.2) is 252 Å². The van der Waals surface area contributed by atoms with Gasteiger partial charge in [0.1, 0.15) is 61.0 Å². The van der Waals surface area contributed by atoms with E-state index >= 15 is 0 Å². The van der Waals surface area contributed by atoms with E-state index < -0.39 is 134 Å². The standard InChI is InChI=1S/C34H72N10O14/c1-43(9-13(45)11-53-31-23(47)15(37)5-17(39)29(31)57-33-21(41)27(51)25(49)19(7-35)55-33)3-4-44(2)10-14(46)12-54-32-24(48)16(38)6-18(40)30(32)58-34-22(42)28(52)26(50)20(8-36)56-34/h13-34,45-52H,3-12,35-42H2,1-2H3. The summed E-state index contributed by atoms with van der Waals surface area (Å²) in [6.07, 6.45) is -18.1. The topological polar surface area (TPSA) is 432 Å². The minimum absolute atomic E-state index is 0.113. The van der Waals surface area contributed by atoms with E-state index in [1.54, 1.807) is 14.1 Å². The van der Waals surface area contributed by atoms with Gasteiger partial charge in [-0.1, -0.05) is 0 Å². The van der Waals surface area contributed by atoms with Crippen molar-refractivity contribution in [3.8, 4) is 0 Å². The molecule has 2 aliphatic heterocycles. The molecule has 24 nitrogen and oxygen atoms in total. The summed E-state index contributed by atoms with van der Waals surface area (Å²) in [4.78, 5) is 3.69. The van der Waals surface area contributed by atoms with Crippen molar-refractivity contribution in [3.05, 3.63) is 0 Å². The zero-order chi connectivity index (χ0) is 43.2. The van der Waals surface area contributed by atoms with E-state index in [1.807, 2.05) is 9.80 Å². The van der Waals surface area contributed by atoms with Gasteiger partial charge in [-0.05, 0) is 26.9 Å². The Labute approximate surface area is 338 Å². The number of rotatable bonds is 19. The van der Waals surface area contributed by atoms with Crippen molar-refractivity contribution >= 4 is 0 Å². The van der Waals surface area contributed by atoms with Crippen molar-refractivity contribution in [3.63, 3.8) is 0 Å². The molecule has 22 atom stereocenters. The van der Waals surface area contributed by atoms with Crippen LogP contribution in [0, 0.1) is 0 Å². The zero-order valence-corrected chi connectivity index (χ0v) is 33.3. The molecule has 4 aliphatic rings. The summed E-state index contributed by atoms with van der Waals surface area (Å²) in [7, 11) is 3.57. The Morgan fingerprint density at radius 1 is 0.534 bits per heavy atom. The minimum Gasteiger partial charge on any atom is -0.389 e. The lowest BCUT2D eigenvalue weighted by Gasteiger charge is -2.47. The molecule has 0 radical (unpaired) electrons. The molecule has 0 spiro atoms. The first-order chi connectivity index (χ1) is 27.3. The van der Waals surface area contributed by atoms with Crippen molar-refractivity contribution < 1.29 is 69.3 Å². The Kier molecular flexibility index (Phi) is 19.2. The minimum atomic E-state index is -1.39. The molecule has 0 aromatic heterocycles. The van der Waals surface area contributed by atoms with E-state index in [1.165, 1.54) is 0 Å². The van der Waals surface area contributed by atoms with Gasteiger partial charge < -0.3 is 125 Å². The second-order valence-electron chi connectivity index (χ2n) is 16.4. The number of hydrogen-bond donors (Lipinski definition) is 16. The van der Waals surface area contributed by atoms with Crippen LogP contribution in [0.15, 0.2) is 0 Å². The SMILES string of the molecule is CN(CCN(C)CC(O)COC1C(O)C(N)CC(N)C1OC1OC(CN)C(O)C(O)C1N)CC(O)COC1C(O)C(N)CC(N)C1OC1OC(CN)C(O)C(O)C1N. The summed E-state index contributed by atoms with van der Waals surface area (Å²) in [5, 5.41) is 84.9. The van der Waals surface area contributed by atoms with E-state index in [2.05, 4.69) is 0 Å². The smallest absolute Gasteiger partial charge is 0.176 e. The summed E-state index contributed by atoms with van der Waals surface area (Å²) in [6, 6.07) is -5.25. The molecule has 342 valence electrons. The fraction of sp³-hybridized carbons (Fsp3) is 1.00. The van der Waals surface area contributed by atoms with E-state index in [0.717, 1.165) is 0 Å². The molecule has 58 heavy (non-hydrogen) atoms. The number of ether oxygens (including phenoxy) is 6. The third kappa shape index (κ3) is 12.4. The van der Waals surface area contributed by atoms with E-state index in [9.17, 15) is 40.9 Å². The lowest BCUT2D eigenvalue weighted by molar-refractivity contribution is -0.292. The van der Waals surface area contributed by atoms with E-state index in [4.69, 9.17) is 74.3 Å². The molecule has 4 fully saturated rings. The molecule has 2 aliphatic carbocycles. The van der Waals surface area contributed by atoms with Crippen LogP contribution in [-0.2, 0) is 28.4 Å². The van der Waals surface area contributed by atoms with Crippen LogP contribution in [0.3, 0.4) is 0 Å². The highest BCUT2D eigenvalue weighted by molar-refractivity contribution is 5.02. The molecule has 2 heterocycles. The third-order valence-electron chi connectivity index (χ3n) is 11.5. The summed E-state index contributed by atoms with van der Waals surface area (Å²) >= 11 is 0. The molecule has 0 aromatic carbocycles. The average Bonchev–Trinajstić information content (AvgIpc) is 3.17. The Bertz CT molecular complexity index is 1130. The highest BCUT2D eigenvalue weighted by Gasteiger charge is 2.50. The zero-order valence-electron chi connectivity index (χ0n) is 33.3. The van der Waals surface area contributed by atoms with Gasteiger partial charge in [0, 0.05) is 63.4 Å². The fourth-order valence-electron chi connectivity index (χ4n) is 7.93. The molecule has 0 amide bonds. The molecular weight excluding hydrogens is 772 g/mol. The number of nitrogens with zero attached hydrogens (tertiary/aromatic N) is 2. The number of aliphatic hydroxyl groups is 8. The van der Waals surface area contributed by atoms with Crippen molar-refractivity contribution in [2.75, 3.05) is 66.6 Å². The fourth-order valence-corrected chi connectivity index (χ4v) is 7.93. The van der Waals surface area contributed by atoms with Gasteiger partial charge in [-0.15, -0.1) is 0 Å². The van der Waals surface area contributed by atoms with Gasteiger partial charge in [0.25, 0.3) is 0 Å². The van der Waals surface area contributed by atoms with Crippen LogP contribution in [0.25, 0.3) is 0 Å². The van der Waals surface area contributed by atoms with Crippen LogP contribution in [0.5, 0.6) is 0 Å². The van der Waals surface area contributed by atoms with Gasteiger partial charge in [0.05, 0.1) is 49.7 Å². The van der Waals surface area contributed by atoms with Gasteiger partial charge in [-0.2, -0.15) is 0 Å². The van der Waals surface area contributed by atoms with Crippen LogP contribution >= 0.6 is 0 Å². The predicted octanol–water partition coefficient (Wildman–Crippen LogP) is -10.6. The molecule has 0 aromatic rings. The Balaban J connectivity index is 1.23. The largest absolute Gasteiger partial charge is 0.389 e. The lowest BCUT2D eigenvalue weighted by atomic mass is 9.84. The van der Waals surface area contributed by atoms with Crippen LogP contribution in [0.1, 0.15) is 12.8 Å². The van der Waals surface area contributed by atoms with Crippen molar-refractivity contribution in [2.45, 2.75) is 147 Å². The molecule has 24 heteroatoms. The van der Waals surface area contributed by atoms with Gasteiger partial charge in [-0.3, -0.25) is 0 Å². The second-order valence-corrected chi connectivity index (χ2v) is 16.4. The summed E-state index contributed by atoms with van der Waals surface area (Å²) in [5.41, 5.74) is 48.5. The maximum absolute atomic E-state index is 10.9. The molecular formula is C34H72N10O14. The number of likely N-dealkylation sites (N-methyl/N-ethyl adjacent to an activating group) is 2. The van der Waals surface area contributed by atoms with Crippen LogP contribution < -0.4 is 45.9 Å². The molecule has 24 N–H and O–H groups in total.